The lowest BCUT2D eigenvalue weighted by Gasteiger charge is -2.45. The van der Waals surface area contributed by atoms with Crippen molar-refractivity contribution < 1.29 is 14.3 Å². The van der Waals surface area contributed by atoms with Crippen LogP contribution < -0.4 is 5.73 Å². The molecule has 0 aromatic heterocycles. The molecule has 2 N–H and O–H groups in total. The summed E-state index contributed by atoms with van der Waals surface area (Å²) in [6.45, 7) is 1.04. The van der Waals surface area contributed by atoms with Gasteiger partial charge in [0, 0.05) is 13.1 Å². The van der Waals surface area contributed by atoms with Crippen LogP contribution in [0.15, 0.2) is 0 Å². The van der Waals surface area contributed by atoms with Crippen molar-refractivity contribution in [2.24, 2.45) is 11.1 Å². The summed E-state index contributed by atoms with van der Waals surface area (Å²) in [5, 5.41) is 0. The average molecular weight is 254 g/mol. The fraction of sp³-hybridized carbons (Fsp3) is 0.846. The molecule has 1 amide bonds. The van der Waals surface area contributed by atoms with Gasteiger partial charge in [0.25, 0.3) is 0 Å². The van der Waals surface area contributed by atoms with Gasteiger partial charge in [-0.15, -0.1) is 0 Å². The van der Waals surface area contributed by atoms with E-state index in [-0.39, 0.29) is 11.9 Å². The zero-order valence-electron chi connectivity index (χ0n) is 11.0. The van der Waals surface area contributed by atoms with Crippen molar-refractivity contribution in [2.75, 3.05) is 20.2 Å². The zero-order valence-corrected chi connectivity index (χ0v) is 11.0. The molecule has 0 bridgehead atoms. The first-order valence-corrected chi connectivity index (χ1v) is 6.73. The van der Waals surface area contributed by atoms with Crippen LogP contribution in [0.5, 0.6) is 0 Å². The highest BCUT2D eigenvalue weighted by atomic mass is 16.5. The molecule has 2 rings (SSSR count). The van der Waals surface area contributed by atoms with Crippen LogP contribution >= 0.6 is 0 Å². The molecule has 18 heavy (non-hydrogen) atoms. The highest BCUT2D eigenvalue weighted by molar-refractivity contribution is 5.89. The van der Waals surface area contributed by atoms with Crippen molar-refractivity contribution in [3.8, 4) is 0 Å². The third-order valence-electron chi connectivity index (χ3n) is 4.39. The number of nitrogens with two attached hydrogens (primary N) is 1. The van der Waals surface area contributed by atoms with Gasteiger partial charge in [-0.05, 0) is 32.1 Å². The molecule has 102 valence electrons. The Morgan fingerprint density at radius 3 is 2.56 bits per heavy atom. The Balaban J connectivity index is 2.13. The van der Waals surface area contributed by atoms with Gasteiger partial charge in [-0.2, -0.15) is 0 Å². The molecule has 5 heteroatoms. The molecule has 1 unspecified atom stereocenters. The van der Waals surface area contributed by atoms with E-state index in [1.54, 1.807) is 4.90 Å². The van der Waals surface area contributed by atoms with E-state index in [9.17, 15) is 9.59 Å². The molecular formula is C13H22N2O3. The van der Waals surface area contributed by atoms with Gasteiger partial charge in [0.2, 0.25) is 5.91 Å². The minimum Gasteiger partial charge on any atom is -0.467 e. The molecule has 1 aliphatic carbocycles. The predicted octanol–water partition coefficient (Wildman–Crippen LogP) is 0.669. The number of ether oxygens (including phenoxy) is 1. The number of likely N-dealkylation sites (tertiary alicyclic amines) is 1. The van der Waals surface area contributed by atoms with E-state index in [4.69, 9.17) is 10.5 Å². The van der Waals surface area contributed by atoms with E-state index in [1.807, 2.05) is 0 Å². The standard InChI is InChI=1S/C13H22N2O3/c1-18-11(16)10-5-2-3-8-15(10)12(17)13(9-14)6-4-7-13/h10H,2-9,14H2,1H3. The summed E-state index contributed by atoms with van der Waals surface area (Å²) in [7, 11) is 1.38. The fourth-order valence-electron chi connectivity index (χ4n) is 2.97. The van der Waals surface area contributed by atoms with Crippen molar-refractivity contribution in [3.05, 3.63) is 0 Å². The quantitative estimate of drug-likeness (QED) is 0.751. The van der Waals surface area contributed by atoms with E-state index in [1.165, 1.54) is 7.11 Å². The summed E-state index contributed by atoms with van der Waals surface area (Å²) in [5.74, 6) is -0.235. The van der Waals surface area contributed by atoms with Gasteiger partial charge < -0.3 is 15.4 Å². The van der Waals surface area contributed by atoms with Crippen LogP contribution in [0.2, 0.25) is 0 Å². The number of piperidine rings is 1. The largest absolute Gasteiger partial charge is 0.467 e. The van der Waals surface area contributed by atoms with Crippen molar-refractivity contribution >= 4 is 11.9 Å². The number of methoxy groups -OCH3 is 1. The normalized spacial score (nSPS) is 26.3. The Hall–Kier alpha value is -1.10. The van der Waals surface area contributed by atoms with Gasteiger partial charge in [0.1, 0.15) is 6.04 Å². The third-order valence-corrected chi connectivity index (χ3v) is 4.39. The van der Waals surface area contributed by atoms with Gasteiger partial charge >= 0.3 is 5.97 Å². The maximum atomic E-state index is 12.6. The number of hydrogen-bond donors (Lipinski definition) is 1. The number of amides is 1. The molecule has 0 aromatic carbocycles. The number of nitrogens with zero attached hydrogens (tertiary/aromatic N) is 1. The summed E-state index contributed by atoms with van der Waals surface area (Å²) in [6, 6.07) is -0.403. The molecule has 1 saturated heterocycles. The minimum atomic E-state index is -0.403. The second kappa shape index (κ2) is 5.26. The van der Waals surface area contributed by atoms with Crippen molar-refractivity contribution in [1.82, 2.24) is 4.90 Å². The maximum Gasteiger partial charge on any atom is 0.328 e. The second-order valence-electron chi connectivity index (χ2n) is 5.37. The van der Waals surface area contributed by atoms with E-state index >= 15 is 0 Å². The van der Waals surface area contributed by atoms with Gasteiger partial charge in [-0.1, -0.05) is 6.42 Å². The summed E-state index contributed by atoms with van der Waals surface area (Å²) >= 11 is 0. The lowest BCUT2D eigenvalue weighted by atomic mass is 9.67. The first-order chi connectivity index (χ1) is 8.64. The number of carbonyl (C=O) groups is 2. The van der Waals surface area contributed by atoms with Crippen molar-refractivity contribution in [2.45, 2.75) is 44.6 Å². The van der Waals surface area contributed by atoms with Crippen LogP contribution in [0.25, 0.3) is 0 Å². The van der Waals surface area contributed by atoms with Gasteiger partial charge in [-0.25, -0.2) is 4.79 Å². The smallest absolute Gasteiger partial charge is 0.328 e. The maximum absolute atomic E-state index is 12.6. The second-order valence-corrected chi connectivity index (χ2v) is 5.37. The van der Waals surface area contributed by atoms with Crippen LogP contribution in [0.1, 0.15) is 38.5 Å². The summed E-state index contributed by atoms with van der Waals surface area (Å²) in [6.07, 6.45) is 5.40. The Morgan fingerprint density at radius 1 is 1.33 bits per heavy atom. The fourth-order valence-corrected chi connectivity index (χ4v) is 2.97. The molecule has 0 aromatic rings. The van der Waals surface area contributed by atoms with Crippen molar-refractivity contribution in [3.63, 3.8) is 0 Å². The molecule has 1 atom stereocenters. The van der Waals surface area contributed by atoms with Gasteiger partial charge in [0.05, 0.1) is 12.5 Å². The minimum absolute atomic E-state index is 0.0614. The molecule has 1 heterocycles. The number of esters is 1. The first kappa shape index (κ1) is 13.3. The predicted molar refractivity (Wildman–Crippen MR) is 66.7 cm³/mol. The molecule has 2 aliphatic rings. The Labute approximate surface area is 108 Å². The SMILES string of the molecule is COC(=O)C1CCCCN1C(=O)C1(CN)CCC1. The average Bonchev–Trinajstić information content (AvgIpc) is 2.37. The topological polar surface area (TPSA) is 72.6 Å². The number of hydrogen-bond acceptors (Lipinski definition) is 4. The number of carbonyl (C=O) groups excluding carboxylic acids is 2. The molecule has 0 spiro atoms. The summed E-state index contributed by atoms with van der Waals surface area (Å²) in [4.78, 5) is 26.1. The Kier molecular flexibility index (Phi) is 3.90. The monoisotopic (exact) mass is 254 g/mol. The van der Waals surface area contributed by atoms with E-state index in [2.05, 4.69) is 0 Å². The Bertz CT molecular complexity index is 334. The first-order valence-electron chi connectivity index (χ1n) is 6.73. The molecule has 1 saturated carbocycles. The summed E-state index contributed by atoms with van der Waals surface area (Å²) in [5.41, 5.74) is 5.37. The lowest BCUT2D eigenvalue weighted by molar-refractivity contribution is -0.161. The van der Waals surface area contributed by atoms with Crippen molar-refractivity contribution in [1.29, 1.82) is 0 Å². The van der Waals surface area contributed by atoms with Gasteiger partial charge in [0.15, 0.2) is 0 Å². The van der Waals surface area contributed by atoms with Crippen LogP contribution in [0.3, 0.4) is 0 Å². The highest BCUT2D eigenvalue weighted by Gasteiger charge is 2.48. The molecule has 5 nitrogen and oxygen atoms in total. The van der Waals surface area contributed by atoms with E-state index in [0.29, 0.717) is 19.5 Å². The lowest BCUT2D eigenvalue weighted by Crippen LogP contribution is -2.57. The van der Waals surface area contributed by atoms with Crippen LogP contribution in [-0.2, 0) is 14.3 Å². The van der Waals surface area contributed by atoms with E-state index < -0.39 is 11.5 Å². The van der Waals surface area contributed by atoms with Gasteiger partial charge in [-0.3, -0.25) is 4.79 Å². The third kappa shape index (κ3) is 2.11. The number of rotatable bonds is 3. The zero-order chi connectivity index (χ0) is 13.2. The summed E-state index contributed by atoms with van der Waals surface area (Å²) < 4.78 is 4.80. The van der Waals surface area contributed by atoms with E-state index in [0.717, 1.165) is 32.1 Å². The molecule has 0 radical (unpaired) electrons. The van der Waals surface area contributed by atoms with Crippen LogP contribution in [-0.4, -0.2) is 43.0 Å². The van der Waals surface area contributed by atoms with Crippen LogP contribution in [0.4, 0.5) is 0 Å². The molecule has 1 aliphatic heterocycles. The molecule has 2 fully saturated rings. The molecular weight excluding hydrogens is 232 g/mol. The highest BCUT2D eigenvalue weighted by Crippen LogP contribution is 2.42. The Morgan fingerprint density at radius 2 is 2.06 bits per heavy atom. The van der Waals surface area contributed by atoms with Crippen LogP contribution in [0, 0.1) is 5.41 Å².